The topological polar surface area (TPSA) is 52.6 Å². The molecule has 0 saturated carbocycles. The number of hydrogen-bond donors (Lipinski definition) is 0. The van der Waals surface area contributed by atoms with Gasteiger partial charge in [-0.05, 0) is 45.0 Å². The SMILES string of the molecule is Cc1ccc(C(=O)COc2ccc(C(=O)OC(C)C)cc2)cc1. The first-order valence-electron chi connectivity index (χ1n) is 7.49. The first kappa shape index (κ1) is 16.7. The fourth-order valence-electron chi connectivity index (χ4n) is 1.94. The average molecular weight is 312 g/mol. The van der Waals surface area contributed by atoms with Crippen LogP contribution in [0, 0.1) is 6.92 Å². The van der Waals surface area contributed by atoms with Crippen molar-refractivity contribution in [1.29, 1.82) is 0 Å². The van der Waals surface area contributed by atoms with Gasteiger partial charge in [-0.3, -0.25) is 4.79 Å². The summed E-state index contributed by atoms with van der Waals surface area (Å²) in [6.07, 6.45) is -0.162. The third-order valence-electron chi connectivity index (χ3n) is 3.18. The van der Waals surface area contributed by atoms with Crippen LogP contribution < -0.4 is 4.74 Å². The second-order valence-electron chi connectivity index (χ2n) is 5.56. The molecule has 0 amide bonds. The highest BCUT2D eigenvalue weighted by molar-refractivity contribution is 5.97. The van der Waals surface area contributed by atoms with Crippen molar-refractivity contribution in [3.8, 4) is 5.75 Å². The van der Waals surface area contributed by atoms with Crippen molar-refractivity contribution >= 4 is 11.8 Å². The molecule has 0 radical (unpaired) electrons. The van der Waals surface area contributed by atoms with Gasteiger partial charge in [0.1, 0.15) is 5.75 Å². The smallest absolute Gasteiger partial charge is 0.338 e. The lowest BCUT2D eigenvalue weighted by Gasteiger charge is -2.09. The zero-order valence-corrected chi connectivity index (χ0v) is 13.5. The Bertz CT molecular complexity index is 670. The molecule has 4 nitrogen and oxygen atoms in total. The van der Waals surface area contributed by atoms with E-state index in [1.165, 1.54) is 0 Å². The fourth-order valence-corrected chi connectivity index (χ4v) is 1.94. The number of ketones is 1. The van der Waals surface area contributed by atoms with Crippen LogP contribution in [0.4, 0.5) is 0 Å². The van der Waals surface area contributed by atoms with E-state index >= 15 is 0 Å². The summed E-state index contributed by atoms with van der Waals surface area (Å²) < 4.78 is 10.6. The molecule has 0 N–H and O–H groups in total. The maximum absolute atomic E-state index is 12.0. The molecule has 23 heavy (non-hydrogen) atoms. The molecule has 2 rings (SSSR count). The predicted molar refractivity (Wildman–Crippen MR) is 88.0 cm³/mol. The average Bonchev–Trinajstić information content (AvgIpc) is 2.53. The van der Waals surface area contributed by atoms with E-state index in [1.807, 2.05) is 19.1 Å². The zero-order chi connectivity index (χ0) is 16.8. The number of Topliss-reactive ketones (excluding diaryl/α,β-unsaturated/α-hetero) is 1. The molecule has 0 aliphatic carbocycles. The van der Waals surface area contributed by atoms with Gasteiger partial charge in [-0.1, -0.05) is 29.8 Å². The van der Waals surface area contributed by atoms with Crippen LogP contribution in [0.3, 0.4) is 0 Å². The van der Waals surface area contributed by atoms with Gasteiger partial charge in [0, 0.05) is 5.56 Å². The Morgan fingerprint density at radius 2 is 1.48 bits per heavy atom. The van der Waals surface area contributed by atoms with Gasteiger partial charge in [-0.25, -0.2) is 4.79 Å². The van der Waals surface area contributed by atoms with Crippen molar-refractivity contribution in [3.63, 3.8) is 0 Å². The Morgan fingerprint density at radius 1 is 0.913 bits per heavy atom. The van der Waals surface area contributed by atoms with Gasteiger partial charge < -0.3 is 9.47 Å². The van der Waals surface area contributed by atoms with Gasteiger partial charge in [0.15, 0.2) is 12.4 Å². The van der Waals surface area contributed by atoms with Crippen LogP contribution in [0.25, 0.3) is 0 Å². The Labute approximate surface area is 136 Å². The fraction of sp³-hybridized carbons (Fsp3) is 0.263. The third kappa shape index (κ3) is 4.95. The van der Waals surface area contributed by atoms with E-state index in [4.69, 9.17) is 9.47 Å². The molecular formula is C19H20O4. The van der Waals surface area contributed by atoms with E-state index in [0.29, 0.717) is 16.9 Å². The Hall–Kier alpha value is -2.62. The van der Waals surface area contributed by atoms with Crippen LogP contribution >= 0.6 is 0 Å². The van der Waals surface area contributed by atoms with Gasteiger partial charge >= 0.3 is 5.97 Å². The Kier molecular flexibility index (Phi) is 5.52. The van der Waals surface area contributed by atoms with Crippen molar-refractivity contribution in [3.05, 3.63) is 65.2 Å². The van der Waals surface area contributed by atoms with E-state index in [-0.39, 0.29) is 24.5 Å². The molecule has 0 bridgehead atoms. The van der Waals surface area contributed by atoms with E-state index in [0.717, 1.165) is 5.56 Å². The zero-order valence-electron chi connectivity index (χ0n) is 13.5. The number of esters is 1. The number of carbonyl (C=O) groups excluding carboxylic acids is 2. The molecule has 0 unspecified atom stereocenters. The third-order valence-corrected chi connectivity index (χ3v) is 3.18. The molecule has 120 valence electrons. The summed E-state index contributed by atoms with van der Waals surface area (Å²) in [5.74, 6) is 0.0714. The second kappa shape index (κ2) is 7.58. The van der Waals surface area contributed by atoms with Gasteiger partial charge in [0.2, 0.25) is 0 Å². The number of ether oxygens (including phenoxy) is 2. The van der Waals surface area contributed by atoms with Crippen LogP contribution in [-0.4, -0.2) is 24.5 Å². The number of rotatable bonds is 6. The molecular weight excluding hydrogens is 292 g/mol. The highest BCUT2D eigenvalue weighted by atomic mass is 16.5. The van der Waals surface area contributed by atoms with Crippen molar-refractivity contribution in [1.82, 2.24) is 0 Å². The van der Waals surface area contributed by atoms with Crippen molar-refractivity contribution in [2.45, 2.75) is 26.9 Å². The lowest BCUT2D eigenvalue weighted by atomic mass is 10.1. The minimum atomic E-state index is -0.373. The molecule has 0 saturated heterocycles. The quantitative estimate of drug-likeness (QED) is 0.601. The van der Waals surface area contributed by atoms with Crippen molar-refractivity contribution < 1.29 is 19.1 Å². The monoisotopic (exact) mass is 312 g/mol. The van der Waals surface area contributed by atoms with Crippen LogP contribution in [0.5, 0.6) is 5.75 Å². The molecule has 0 heterocycles. The first-order chi connectivity index (χ1) is 11.0. The van der Waals surface area contributed by atoms with E-state index in [9.17, 15) is 9.59 Å². The maximum atomic E-state index is 12.0. The summed E-state index contributed by atoms with van der Waals surface area (Å²) in [5, 5.41) is 0. The Morgan fingerprint density at radius 3 is 2.04 bits per heavy atom. The van der Waals surface area contributed by atoms with Gasteiger partial charge in [-0.2, -0.15) is 0 Å². The number of carbonyl (C=O) groups is 2. The normalized spacial score (nSPS) is 10.4. The molecule has 0 spiro atoms. The summed E-state index contributed by atoms with van der Waals surface area (Å²) in [6.45, 7) is 5.52. The highest BCUT2D eigenvalue weighted by Gasteiger charge is 2.10. The van der Waals surface area contributed by atoms with Crippen LogP contribution in [0.2, 0.25) is 0 Å². The molecule has 0 fully saturated rings. The molecule has 0 aromatic heterocycles. The molecule has 2 aromatic rings. The predicted octanol–water partition coefficient (Wildman–Crippen LogP) is 3.82. The molecule has 0 atom stereocenters. The summed E-state index contributed by atoms with van der Waals surface area (Å²) in [4.78, 5) is 23.8. The summed E-state index contributed by atoms with van der Waals surface area (Å²) in [7, 11) is 0. The van der Waals surface area contributed by atoms with Gasteiger partial charge in [0.25, 0.3) is 0 Å². The van der Waals surface area contributed by atoms with Gasteiger partial charge in [0.05, 0.1) is 11.7 Å². The van der Waals surface area contributed by atoms with E-state index in [2.05, 4.69) is 0 Å². The van der Waals surface area contributed by atoms with Crippen LogP contribution in [0.1, 0.15) is 40.1 Å². The minimum absolute atomic E-state index is 0.0428. The first-order valence-corrected chi connectivity index (χ1v) is 7.49. The second-order valence-corrected chi connectivity index (χ2v) is 5.56. The van der Waals surface area contributed by atoms with Crippen LogP contribution in [0.15, 0.2) is 48.5 Å². The largest absolute Gasteiger partial charge is 0.485 e. The lowest BCUT2D eigenvalue weighted by Crippen LogP contribution is -2.12. The highest BCUT2D eigenvalue weighted by Crippen LogP contribution is 2.14. The van der Waals surface area contributed by atoms with Crippen molar-refractivity contribution in [2.75, 3.05) is 6.61 Å². The molecule has 0 aliphatic heterocycles. The molecule has 2 aromatic carbocycles. The minimum Gasteiger partial charge on any atom is -0.485 e. The van der Waals surface area contributed by atoms with E-state index < -0.39 is 0 Å². The van der Waals surface area contributed by atoms with Gasteiger partial charge in [-0.15, -0.1) is 0 Å². The van der Waals surface area contributed by atoms with Crippen molar-refractivity contribution in [2.24, 2.45) is 0 Å². The standard InChI is InChI=1S/C19H20O4/c1-13(2)23-19(21)16-8-10-17(11-9-16)22-12-18(20)15-6-4-14(3)5-7-15/h4-11,13H,12H2,1-3H3. The summed E-state index contributed by atoms with van der Waals surface area (Å²) in [5.41, 5.74) is 2.18. The molecule has 0 aliphatic rings. The lowest BCUT2D eigenvalue weighted by molar-refractivity contribution is 0.0377. The number of benzene rings is 2. The maximum Gasteiger partial charge on any atom is 0.338 e. The van der Waals surface area contributed by atoms with E-state index in [1.54, 1.807) is 50.2 Å². The summed E-state index contributed by atoms with van der Waals surface area (Å²) in [6, 6.07) is 13.9. The van der Waals surface area contributed by atoms with Crippen LogP contribution in [-0.2, 0) is 4.74 Å². The number of hydrogen-bond acceptors (Lipinski definition) is 4. The summed E-state index contributed by atoms with van der Waals surface area (Å²) >= 11 is 0. The number of aryl methyl sites for hydroxylation is 1. The Balaban J connectivity index is 1.92. The molecule has 4 heteroatoms.